The third-order valence-electron chi connectivity index (χ3n) is 6.54. The van der Waals surface area contributed by atoms with Crippen molar-refractivity contribution >= 4 is 17.3 Å². The minimum atomic E-state index is -0.383. The predicted molar refractivity (Wildman–Crippen MR) is 106 cm³/mol. The normalized spacial score (nSPS) is 30.1. The number of fused-ring (bicyclic) bond motifs is 2. The van der Waals surface area contributed by atoms with Gasteiger partial charge in [0.25, 0.3) is 0 Å². The average Bonchev–Trinajstić information content (AvgIpc) is 3.25. The van der Waals surface area contributed by atoms with E-state index in [4.69, 9.17) is 16.3 Å². The van der Waals surface area contributed by atoms with Gasteiger partial charge in [-0.1, -0.05) is 24.1 Å². The third-order valence-corrected chi connectivity index (χ3v) is 6.78. The number of nitrogens with zero attached hydrogens (tertiary/aromatic N) is 2. The molecule has 5 heteroatoms. The Kier molecular flexibility index (Phi) is 6.04. The second-order valence-corrected chi connectivity index (χ2v) is 8.83. The molecule has 2 bridgehead atoms. The third kappa shape index (κ3) is 4.53. The van der Waals surface area contributed by atoms with E-state index in [-0.39, 0.29) is 6.10 Å². The van der Waals surface area contributed by atoms with E-state index < -0.39 is 0 Å². The first-order valence-corrected chi connectivity index (χ1v) is 10.5. The van der Waals surface area contributed by atoms with Crippen LogP contribution in [-0.4, -0.2) is 62.0 Å². The standard InChI is InChI=1S/C21H31ClN2O2/c22-19-2-1-3-20(12-19)24-8-6-23(7-9-24)13-21(25)15-26-14-18-11-16-4-5-17(18)10-16/h1-3,12,16-18,21,25H,4-11,13-15H2/t16-,17-,18+,21+/m0/s1. The fraction of sp³-hybridized carbons (Fsp3) is 0.714. The largest absolute Gasteiger partial charge is 0.389 e. The number of hydrogen-bond acceptors (Lipinski definition) is 4. The molecule has 2 saturated carbocycles. The Hall–Kier alpha value is -0.810. The van der Waals surface area contributed by atoms with E-state index in [0.717, 1.165) is 55.6 Å². The molecule has 0 amide bonds. The first-order valence-electron chi connectivity index (χ1n) is 10.2. The van der Waals surface area contributed by atoms with Crippen molar-refractivity contribution in [2.45, 2.75) is 31.8 Å². The number of aliphatic hydroxyl groups is 1. The highest BCUT2D eigenvalue weighted by molar-refractivity contribution is 6.30. The van der Waals surface area contributed by atoms with Crippen LogP contribution in [0.1, 0.15) is 25.7 Å². The fourth-order valence-corrected chi connectivity index (χ4v) is 5.33. The molecule has 1 saturated heterocycles. The number of ether oxygens (including phenoxy) is 1. The average molecular weight is 379 g/mol. The van der Waals surface area contributed by atoms with E-state index in [2.05, 4.69) is 15.9 Å². The van der Waals surface area contributed by atoms with Gasteiger partial charge in [0, 0.05) is 50.0 Å². The zero-order valence-corrected chi connectivity index (χ0v) is 16.3. The minimum absolute atomic E-state index is 0.383. The first kappa shape index (κ1) is 18.5. The quantitative estimate of drug-likeness (QED) is 0.789. The number of benzene rings is 1. The van der Waals surface area contributed by atoms with Gasteiger partial charge in [-0.05, 0) is 55.2 Å². The zero-order chi connectivity index (χ0) is 17.9. The van der Waals surface area contributed by atoms with Crippen molar-refractivity contribution in [1.82, 2.24) is 4.90 Å². The number of halogens is 1. The molecule has 4 nitrogen and oxygen atoms in total. The lowest BCUT2D eigenvalue weighted by Crippen LogP contribution is -2.49. The topological polar surface area (TPSA) is 35.9 Å². The van der Waals surface area contributed by atoms with Crippen molar-refractivity contribution in [2.75, 3.05) is 50.8 Å². The van der Waals surface area contributed by atoms with Crippen LogP contribution in [0.15, 0.2) is 24.3 Å². The highest BCUT2D eigenvalue weighted by atomic mass is 35.5. The lowest BCUT2D eigenvalue weighted by molar-refractivity contribution is -0.00274. The number of aliphatic hydroxyl groups excluding tert-OH is 1. The summed E-state index contributed by atoms with van der Waals surface area (Å²) in [6, 6.07) is 8.05. The van der Waals surface area contributed by atoms with Gasteiger partial charge < -0.3 is 14.7 Å². The summed E-state index contributed by atoms with van der Waals surface area (Å²) in [7, 11) is 0. The maximum Gasteiger partial charge on any atom is 0.0900 e. The molecule has 1 aromatic rings. The Morgan fingerprint density at radius 2 is 2.00 bits per heavy atom. The molecule has 0 unspecified atom stereocenters. The minimum Gasteiger partial charge on any atom is -0.389 e. The summed E-state index contributed by atoms with van der Waals surface area (Å²) in [5, 5.41) is 11.1. The van der Waals surface area contributed by atoms with E-state index in [1.54, 1.807) is 0 Å². The Bertz CT molecular complexity index is 591. The first-order chi connectivity index (χ1) is 12.7. The van der Waals surface area contributed by atoms with Gasteiger partial charge >= 0.3 is 0 Å². The zero-order valence-electron chi connectivity index (χ0n) is 15.5. The summed E-state index contributed by atoms with van der Waals surface area (Å²) in [6.45, 7) is 5.91. The molecule has 1 N–H and O–H groups in total. The monoisotopic (exact) mass is 378 g/mol. The maximum absolute atomic E-state index is 10.3. The number of anilines is 1. The van der Waals surface area contributed by atoms with Crippen LogP contribution < -0.4 is 4.90 Å². The molecule has 4 atom stereocenters. The molecule has 0 radical (unpaired) electrons. The van der Waals surface area contributed by atoms with Crippen molar-refractivity contribution in [2.24, 2.45) is 17.8 Å². The number of hydrogen-bond donors (Lipinski definition) is 1. The molecule has 0 spiro atoms. The maximum atomic E-state index is 10.3. The molecule has 1 heterocycles. The smallest absolute Gasteiger partial charge is 0.0900 e. The summed E-state index contributed by atoms with van der Waals surface area (Å²) in [5.41, 5.74) is 1.19. The summed E-state index contributed by atoms with van der Waals surface area (Å²) >= 11 is 6.09. The summed E-state index contributed by atoms with van der Waals surface area (Å²) in [6.07, 6.45) is 5.23. The van der Waals surface area contributed by atoms with Crippen LogP contribution in [-0.2, 0) is 4.74 Å². The van der Waals surface area contributed by atoms with Crippen LogP contribution >= 0.6 is 11.6 Å². The number of piperazine rings is 1. The molecule has 1 aromatic carbocycles. The van der Waals surface area contributed by atoms with E-state index in [1.165, 1.54) is 31.4 Å². The summed E-state index contributed by atoms with van der Waals surface area (Å²) < 4.78 is 5.88. The number of rotatable bonds is 7. The van der Waals surface area contributed by atoms with Crippen molar-refractivity contribution < 1.29 is 9.84 Å². The molecule has 2 aliphatic carbocycles. The Labute approximate surface area is 162 Å². The molecular formula is C21H31ClN2O2. The Morgan fingerprint density at radius 1 is 1.15 bits per heavy atom. The predicted octanol–water partition coefficient (Wildman–Crippen LogP) is 3.28. The van der Waals surface area contributed by atoms with E-state index in [9.17, 15) is 5.11 Å². The van der Waals surface area contributed by atoms with E-state index in [0.29, 0.717) is 13.2 Å². The van der Waals surface area contributed by atoms with Gasteiger partial charge in [0.05, 0.1) is 12.7 Å². The molecule has 0 aromatic heterocycles. The van der Waals surface area contributed by atoms with Crippen molar-refractivity contribution in [3.05, 3.63) is 29.3 Å². The van der Waals surface area contributed by atoms with Gasteiger partial charge in [-0.2, -0.15) is 0 Å². The lowest BCUT2D eigenvalue weighted by Gasteiger charge is -2.37. The van der Waals surface area contributed by atoms with E-state index in [1.807, 2.05) is 18.2 Å². The van der Waals surface area contributed by atoms with Crippen LogP contribution in [0.5, 0.6) is 0 Å². The van der Waals surface area contributed by atoms with Crippen LogP contribution in [0.4, 0.5) is 5.69 Å². The Balaban J connectivity index is 1.14. The van der Waals surface area contributed by atoms with Crippen molar-refractivity contribution in [1.29, 1.82) is 0 Å². The molecular weight excluding hydrogens is 348 g/mol. The van der Waals surface area contributed by atoms with Gasteiger partial charge in [0.15, 0.2) is 0 Å². The van der Waals surface area contributed by atoms with Crippen LogP contribution in [0.2, 0.25) is 5.02 Å². The van der Waals surface area contributed by atoms with Crippen LogP contribution in [0, 0.1) is 17.8 Å². The van der Waals surface area contributed by atoms with Crippen molar-refractivity contribution in [3.8, 4) is 0 Å². The van der Waals surface area contributed by atoms with Crippen LogP contribution in [0.25, 0.3) is 0 Å². The van der Waals surface area contributed by atoms with Gasteiger partial charge in [-0.15, -0.1) is 0 Å². The second-order valence-electron chi connectivity index (χ2n) is 8.39. The highest BCUT2D eigenvalue weighted by Gasteiger charge is 2.39. The summed E-state index contributed by atoms with van der Waals surface area (Å²) in [5.74, 6) is 2.62. The molecule has 144 valence electrons. The van der Waals surface area contributed by atoms with Gasteiger partial charge in [-0.25, -0.2) is 0 Å². The molecule has 26 heavy (non-hydrogen) atoms. The summed E-state index contributed by atoms with van der Waals surface area (Å²) in [4.78, 5) is 4.70. The lowest BCUT2D eigenvalue weighted by atomic mass is 9.90. The molecule has 1 aliphatic heterocycles. The molecule has 3 aliphatic rings. The van der Waals surface area contributed by atoms with Gasteiger partial charge in [-0.3, -0.25) is 4.90 Å². The van der Waals surface area contributed by atoms with Gasteiger partial charge in [0.2, 0.25) is 0 Å². The SMILES string of the molecule is O[C@@H](COC[C@H]1C[C@H]2CC[C@H]1C2)CN1CCN(c2cccc(Cl)c2)CC1. The van der Waals surface area contributed by atoms with Gasteiger partial charge in [0.1, 0.15) is 0 Å². The molecule has 3 fully saturated rings. The fourth-order valence-electron chi connectivity index (χ4n) is 5.15. The highest BCUT2D eigenvalue weighted by Crippen LogP contribution is 2.48. The van der Waals surface area contributed by atoms with E-state index >= 15 is 0 Å². The van der Waals surface area contributed by atoms with Crippen molar-refractivity contribution in [3.63, 3.8) is 0 Å². The number of β-amino-alcohol motifs (C(OH)–C–C–N with tert-alkyl or cyclic N) is 1. The van der Waals surface area contributed by atoms with Crippen LogP contribution in [0.3, 0.4) is 0 Å². The molecule has 4 rings (SSSR count). The Morgan fingerprint density at radius 3 is 2.69 bits per heavy atom. The second kappa shape index (κ2) is 8.47.